The summed E-state index contributed by atoms with van der Waals surface area (Å²) in [6, 6.07) is 2.01. The molecule has 0 saturated heterocycles. The largest absolute Gasteiger partial charge is 0.354 e. The molecular formula is C10H17N3O. The third-order valence-corrected chi connectivity index (χ3v) is 1.97. The average molecular weight is 195 g/mol. The summed E-state index contributed by atoms with van der Waals surface area (Å²) >= 11 is 0. The van der Waals surface area contributed by atoms with Gasteiger partial charge in [0.1, 0.15) is 0 Å². The molecule has 0 spiro atoms. The molecule has 0 aromatic carbocycles. The smallest absolute Gasteiger partial charge is 0.216 e. The predicted molar refractivity (Wildman–Crippen MR) is 55.0 cm³/mol. The van der Waals surface area contributed by atoms with Crippen LogP contribution in [-0.2, 0) is 11.3 Å². The molecule has 0 aliphatic rings. The number of carbonyl (C=O) groups is 1. The van der Waals surface area contributed by atoms with Gasteiger partial charge in [-0.15, -0.1) is 0 Å². The van der Waals surface area contributed by atoms with Crippen molar-refractivity contribution < 1.29 is 4.79 Å². The summed E-state index contributed by atoms with van der Waals surface area (Å²) in [5, 5.41) is 7.10. The third-order valence-electron chi connectivity index (χ3n) is 1.97. The van der Waals surface area contributed by atoms with E-state index in [0.717, 1.165) is 12.2 Å². The summed E-state index contributed by atoms with van der Waals surface area (Å²) < 4.78 is 1.85. The van der Waals surface area contributed by atoms with Gasteiger partial charge >= 0.3 is 0 Å². The van der Waals surface area contributed by atoms with E-state index in [0.29, 0.717) is 12.5 Å². The van der Waals surface area contributed by atoms with Crippen LogP contribution in [0.1, 0.15) is 32.4 Å². The van der Waals surface area contributed by atoms with Crippen molar-refractivity contribution in [1.29, 1.82) is 0 Å². The van der Waals surface area contributed by atoms with Gasteiger partial charge in [0.15, 0.2) is 0 Å². The Kier molecular flexibility index (Phi) is 3.68. The average Bonchev–Trinajstić information content (AvgIpc) is 2.52. The molecule has 1 aromatic heterocycles. The van der Waals surface area contributed by atoms with E-state index in [2.05, 4.69) is 24.3 Å². The minimum atomic E-state index is 0.00115. The summed E-state index contributed by atoms with van der Waals surface area (Å²) in [6.45, 7) is 7.10. The number of nitrogens with zero attached hydrogens (tertiary/aromatic N) is 2. The number of carbonyl (C=O) groups excluding carboxylic acids is 1. The summed E-state index contributed by atoms with van der Waals surface area (Å²) in [7, 11) is 0. The Morgan fingerprint density at radius 2 is 2.36 bits per heavy atom. The lowest BCUT2D eigenvalue weighted by atomic mass is 10.1. The third kappa shape index (κ3) is 3.20. The molecule has 78 valence electrons. The van der Waals surface area contributed by atoms with Crippen LogP contribution in [0.4, 0.5) is 0 Å². The Morgan fingerprint density at radius 3 is 2.86 bits per heavy atom. The van der Waals surface area contributed by atoms with Gasteiger partial charge in [-0.2, -0.15) is 5.10 Å². The molecule has 14 heavy (non-hydrogen) atoms. The van der Waals surface area contributed by atoms with Crippen molar-refractivity contribution in [3.8, 4) is 0 Å². The Balaban J connectivity index is 2.40. The fourth-order valence-electron chi connectivity index (χ4n) is 1.16. The van der Waals surface area contributed by atoms with Gasteiger partial charge in [0.05, 0.1) is 12.2 Å². The molecule has 0 aliphatic heterocycles. The molecule has 1 heterocycles. The fourth-order valence-corrected chi connectivity index (χ4v) is 1.16. The van der Waals surface area contributed by atoms with E-state index in [1.165, 1.54) is 6.92 Å². The number of hydrogen-bond acceptors (Lipinski definition) is 2. The number of hydrogen-bond donors (Lipinski definition) is 1. The number of amides is 1. The maximum absolute atomic E-state index is 10.6. The van der Waals surface area contributed by atoms with Crippen LogP contribution in [0, 0.1) is 0 Å². The van der Waals surface area contributed by atoms with Crippen molar-refractivity contribution in [2.75, 3.05) is 6.54 Å². The zero-order valence-corrected chi connectivity index (χ0v) is 8.95. The molecule has 0 fully saturated rings. The van der Waals surface area contributed by atoms with Crippen molar-refractivity contribution in [3.05, 3.63) is 18.0 Å². The second kappa shape index (κ2) is 4.79. The van der Waals surface area contributed by atoms with Gasteiger partial charge in [-0.05, 0) is 12.0 Å². The highest BCUT2D eigenvalue weighted by atomic mass is 16.1. The number of aromatic nitrogens is 2. The van der Waals surface area contributed by atoms with E-state index in [-0.39, 0.29) is 5.91 Å². The molecule has 1 aromatic rings. The molecule has 0 saturated carbocycles. The lowest BCUT2D eigenvalue weighted by molar-refractivity contribution is -0.118. The van der Waals surface area contributed by atoms with E-state index >= 15 is 0 Å². The quantitative estimate of drug-likeness (QED) is 0.783. The predicted octanol–water partition coefficient (Wildman–Crippen LogP) is 1.14. The number of nitrogens with one attached hydrogen (secondary N) is 1. The SMILES string of the molecule is CC(=O)NCCn1ccc(C(C)C)n1. The zero-order chi connectivity index (χ0) is 10.6. The van der Waals surface area contributed by atoms with Crippen LogP contribution >= 0.6 is 0 Å². The fraction of sp³-hybridized carbons (Fsp3) is 0.600. The lowest BCUT2D eigenvalue weighted by Crippen LogP contribution is -2.24. The Labute approximate surface area is 84.3 Å². The van der Waals surface area contributed by atoms with Crippen LogP contribution in [0.3, 0.4) is 0 Å². The van der Waals surface area contributed by atoms with E-state index in [1.54, 1.807) is 0 Å². The van der Waals surface area contributed by atoms with Crippen molar-refractivity contribution >= 4 is 5.91 Å². The van der Waals surface area contributed by atoms with Crippen molar-refractivity contribution in [1.82, 2.24) is 15.1 Å². The second-order valence-electron chi connectivity index (χ2n) is 3.64. The summed E-state index contributed by atoms with van der Waals surface area (Å²) in [6.07, 6.45) is 1.94. The summed E-state index contributed by atoms with van der Waals surface area (Å²) in [5.41, 5.74) is 1.09. The first kappa shape index (κ1) is 10.8. The molecule has 0 atom stereocenters. The van der Waals surface area contributed by atoms with Gasteiger partial charge in [0, 0.05) is 19.7 Å². The van der Waals surface area contributed by atoms with E-state index in [1.807, 2.05) is 16.9 Å². The van der Waals surface area contributed by atoms with Gasteiger partial charge in [0.2, 0.25) is 5.91 Å². The van der Waals surface area contributed by atoms with Crippen LogP contribution in [0.25, 0.3) is 0 Å². The highest BCUT2D eigenvalue weighted by molar-refractivity contribution is 5.72. The first-order valence-corrected chi connectivity index (χ1v) is 4.87. The highest BCUT2D eigenvalue weighted by Gasteiger charge is 2.02. The van der Waals surface area contributed by atoms with Gasteiger partial charge in [-0.25, -0.2) is 0 Å². The Morgan fingerprint density at radius 1 is 1.64 bits per heavy atom. The van der Waals surface area contributed by atoms with Crippen molar-refractivity contribution in [2.45, 2.75) is 33.2 Å². The van der Waals surface area contributed by atoms with Crippen LogP contribution < -0.4 is 5.32 Å². The van der Waals surface area contributed by atoms with Crippen LogP contribution in [0.5, 0.6) is 0 Å². The number of rotatable bonds is 4. The van der Waals surface area contributed by atoms with E-state index in [4.69, 9.17) is 0 Å². The topological polar surface area (TPSA) is 46.9 Å². The summed E-state index contributed by atoms with van der Waals surface area (Å²) in [4.78, 5) is 10.6. The molecule has 0 aliphatic carbocycles. The molecular weight excluding hydrogens is 178 g/mol. The van der Waals surface area contributed by atoms with Gasteiger partial charge in [-0.3, -0.25) is 9.48 Å². The first-order valence-electron chi connectivity index (χ1n) is 4.87. The van der Waals surface area contributed by atoms with E-state index < -0.39 is 0 Å². The van der Waals surface area contributed by atoms with Crippen molar-refractivity contribution in [2.24, 2.45) is 0 Å². The summed E-state index contributed by atoms with van der Waals surface area (Å²) in [5.74, 6) is 0.457. The molecule has 0 bridgehead atoms. The molecule has 4 nitrogen and oxygen atoms in total. The zero-order valence-electron chi connectivity index (χ0n) is 8.95. The van der Waals surface area contributed by atoms with Crippen LogP contribution in [-0.4, -0.2) is 22.2 Å². The second-order valence-corrected chi connectivity index (χ2v) is 3.64. The first-order chi connectivity index (χ1) is 6.59. The van der Waals surface area contributed by atoms with E-state index in [9.17, 15) is 4.79 Å². The van der Waals surface area contributed by atoms with Crippen LogP contribution in [0.2, 0.25) is 0 Å². The molecule has 1 N–H and O–H groups in total. The monoisotopic (exact) mass is 195 g/mol. The molecule has 1 amide bonds. The minimum Gasteiger partial charge on any atom is -0.354 e. The highest BCUT2D eigenvalue weighted by Crippen LogP contribution is 2.09. The maximum Gasteiger partial charge on any atom is 0.216 e. The minimum absolute atomic E-state index is 0.00115. The maximum atomic E-state index is 10.6. The van der Waals surface area contributed by atoms with Crippen LogP contribution in [0.15, 0.2) is 12.3 Å². The molecule has 0 radical (unpaired) electrons. The van der Waals surface area contributed by atoms with Gasteiger partial charge in [-0.1, -0.05) is 13.8 Å². The molecule has 4 heteroatoms. The lowest BCUT2D eigenvalue weighted by Gasteiger charge is -2.02. The van der Waals surface area contributed by atoms with Crippen molar-refractivity contribution in [3.63, 3.8) is 0 Å². The standard InChI is InChI=1S/C10H17N3O/c1-8(2)10-4-6-13(12-10)7-5-11-9(3)14/h4,6,8H,5,7H2,1-3H3,(H,11,14). The van der Waals surface area contributed by atoms with Gasteiger partial charge in [0.25, 0.3) is 0 Å². The Bertz CT molecular complexity index is 304. The molecule has 0 unspecified atom stereocenters. The Hall–Kier alpha value is -1.32. The molecule has 1 rings (SSSR count). The van der Waals surface area contributed by atoms with Gasteiger partial charge < -0.3 is 5.32 Å². The normalized spacial score (nSPS) is 10.6.